The molecule has 1 aliphatic rings. The summed E-state index contributed by atoms with van der Waals surface area (Å²) in [4.78, 5) is 19.3. The molecular weight excluding hydrogens is 242 g/mol. The van der Waals surface area contributed by atoms with E-state index in [1.54, 1.807) is 6.07 Å². The normalized spacial score (nSPS) is 16.9. The SMILES string of the molecule is CC1(Nc2nc(C(=O)O)nc3ccccc23)CCC1. The van der Waals surface area contributed by atoms with Crippen molar-refractivity contribution in [2.75, 3.05) is 5.32 Å². The molecule has 0 spiro atoms. The van der Waals surface area contributed by atoms with Crippen molar-refractivity contribution in [3.05, 3.63) is 30.1 Å². The van der Waals surface area contributed by atoms with E-state index in [4.69, 9.17) is 5.11 Å². The first-order chi connectivity index (χ1) is 9.07. The maximum atomic E-state index is 11.1. The molecule has 0 radical (unpaired) electrons. The van der Waals surface area contributed by atoms with Gasteiger partial charge in [0.1, 0.15) is 5.82 Å². The molecule has 0 atom stereocenters. The molecule has 1 aliphatic carbocycles. The van der Waals surface area contributed by atoms with Crippen molar-refractivity contribution in [1.82, 2.24) is 9.97 Å². The van der Waals surface area contributed by atoms with Crippen molar-refractivity contribution in [3.63, 3.8) is 0 Å². The van der Waals surface area contributed by atoms with E-state index >= 15 is 0 Å². The molecule has 0 aliphatic heterocycles. The topological polar surface area (TPSA) is 75.1 Å². The summed E-state index contributed by atoms with van der Waals surface area (Å²) in [6, 6.07) is 7.46. The van der Waals surface area contributed by atoms with Crippen LogP contribution in [0.1, 0.15) is 36.8 Å². The smallest absolute Gasteiger partial charge is 0.374 e. The van der Waals surface area contributed by atoms with Gasteiger partial charge >= 0.3 is 5.97 Å². The number of carboxylic acids is 1. The summed E-state index contributed by atoms with van der Waals surface area (Å²) < 4.78 is 0. The minimum absolute atomic E-state index is 0.0207. The minimum atomic E-state index is -1.10. The van der Waals surface area contributed by atoms with E-state index in [9.17, 15) is 4.79 Å². The maximum absolute atomic E-state index is 11.1. The van der Waals surface area contributed by atoms with Crippen LogP contribution < -0.4 is 5.32 Å². The summed E-state index contributed by atoms with van der Waals surface area (Å²) in [5.41, 5.74) is 0.674. The number of rotatable bonds is 3. The highest BCUT2D eigenvalue weighted by molar-refractivity contribution is 5.93. The van der Waals surface area contributed by atoms with Gasteiger partial charge in [-0.15, -0.1) is 0 Å². The van der Waals surface area contributed by atoms with E-state index in [0.29, 0.717) is 11.3 Å². The molecule has 5 nitrogen and oxygen atoms in total. The molecule has 1 aromatic heterocycles. The van der Waals surface area contributed by atoms with Gasteiger partial charge in [-0.3, -0.25) is 0 Å². The number of anilines is 1. The van der Waals surface area contributed by atoms with Gasteiger partial charge in [0.05, 0.1) is 5.52 Å². The highest BCUT2D eigenvalue weighted by Gasteiger charge is 2.32. The molecule has 2 aromatic rings. The number of carboxylic acid groups (broad SMARTS) is 1. The zero-order chi connectivity index (χ0) is 13.5. The zero-order valence-corrected chi connectivity index (χ0v) is 10.7. The second-order valence-electron chi connectivity index (χ2n) is 5.26. The van der Waals surface area contributed by atoms with Crippen molar-refractivity contribution in [1.29, 1.82) is 0 Å². The van der Waals surface area contributed by atoms with Crippen LogP contribution in [0.4, 0.5) is 5.82 Å². The number of fused-ring (bicyclic) bond motifs is 1. The molecule has 5 heteroatoms. The molecule has 0 unspecified atom stereocenters. The van der Waals surface area contributed by atoms with Gasteiger partial charge in [-0.1, -0.05) is 12.1 Å². The quantitative estimate of drug-likeness (QED) is 0.884. The van der Waals surface area contributed by atoms with Crippen molar-refractivity contribution >= 4 is 22.7 Å². The summed E-state index contributed by atoms with van der Waals surface area (Å²) in [7, 11) is 0. The molecular formula is C14H15N3O2. The molecule has 0 saturated heterocycles. The van der Waals surface area contributed by atoms with Crippen molar-refractivity contribution < 1.29 is 9.90 Å². The minimum Gasteiger partial charge on any atom is -0.475 e. The first-order valence-corrected chi connectivity index (χ1v) is 6.36. The number of benzene rings is 1. The number of aromatic nitrogens is 2. The van der Waals surface area contributed by atoms with Crippen LogP contribution in [0.5, 0.6) is 0 Å². The Hall–Kier alpha value is -2.17. The number of carbonyl (C=O) groups is 1. The standard InChI is InChI=1S/C14H15N3O2/c1-14(7-4-8-14)17-11-9-5-2-3-6-10(9)15-12(16-11)13(18)19/h2-3,5-6H,4,7-8H2,1H3,(H,18,19)(H,15,16,17). The first-order valence-electron chi connectivity index (χ1n) is 6.36. The second-order valence-corrected chi connectivity index (χ2v) is 5.26. The Morgan fingerprint density at radius 2 is 2.05 bits per heavy atom. The second kappa shape index (κ2) is 4.19. The Kier molecular flexibility index (Phi) is 2.62. The molecule has 19 heavy (non-hydrogen) atoms. The highest BCUT2D eigenvalue weighted by Crippen LogP contribution is 2.35. The Labute approximate surface area is 110 Å². The third kappa shape index (κ3) is 2.12. The van der Waals surface area contributed by atoms with E-state index in [1.165, 1.54) is 6.42 Å². The molecule has 1 saturated carbocycles. The fraction of sp³-hybridized carbons (Fsp3) is 0.357. The number of para-hydroxylation sites is 1. The summed E-state index contributed by atoms with van der Waals surface area (Å²) in [6.07, 6.45) is 3.35. The molecule has 1 aromatic carbocycles. The Balaban J connectivity index is 2.12. The lowest BCUT2D eigenvalue weighted by Gasteiger charge is -2.39. The van der Waals surface area contributed by atoms with Crippen molar-refractivity contribution in [3.8, 4) is 0 Å². The largest absolute Gasteiger partial charge is 0.475 e. The van der Waals surface area contributed by atoms with Gasteiger partial charge in [-0.25, -0.2) is 14.8 Å². The van der Waals surface area contributed by atoms with Crippen LogP contribution in [0.15, 0.2) is 24.3 Å². The van der Waals surface area contributed by atoms with Gasteiger partial charge in [0.2, 0.25) is 5.82 Å². The predicted octanol–water partition coefficient (Wildman–Crippen LogP) is 2.68. The van der Waals surface area contributed by atoms with Crippen LogP contribution in [-0.2, 0) is 0 Å². The first kappa shape index (κ1) is 11.9. The molecule has 0 bridgehead atoms. The molecule has 1 fully saturated rings. The van der Waals surface area contributed by atoms with E-state index in [2.05, 4.69) is 22.2 Å². The number of hydrogen-bond acceptors (Lipinski definition) is 4. The Bertz CT molecular complexity index is 650. The van der Waals surface area contributed by atoms with Gasteiger partial charge in [-0.2, -0.15) is 0 Å². The van der Waals surface area contributed by atoms with E-state index < -0.39 is 5.97 Å². The van der Waals surface area contributed by atoms with Crippen molar-refractivity contribution in [2.45, 2.75) is 31.7 Å². The maximum Gasteiger partial charge on any atom is 0.374 e. The average molecular weight is 257 g/mol. The molecule has 0 amide bonds. The van der Waals surface area contributed by atoms with Crippen LogP contribution >= 0.6 is 0 Å². The van der Waals surface area contributed by atoms with Crippen molar-refractivity contribution in [2.24, 2.45) is 0 Å². The Morgan fingerprint density at radius 1 is 1.32 bits per heavy atom. The lowest BCUT2D eigenvalue weighted by molar-refractivity contribution is 0.0684. The third-order valence-electron chi connectivity index (χ3n) is 3.67. The summed E-state index contributed by atoms with van der Waals surface area (Å²) in [6.45, 7) is 2.13. The number of hydrogen-bond donors (Lipinski definition) is 2. The van der Waals surface area contributed by atoms with Crippen LogP contribution in [0.2, 0.25) is 0 Å². The lowest BCUT2D eigenvalue weighted by Crippen LogP contribution is -2.42. The van der Waals surface area contributed by atoms with Gasteiger partial charge in [0.15, 0.2) is 0 Å². The van der Waals surface area contributed by atoms with E-state index in [0.717, 1.165) is 18.2 Å². The van der Waals surface area contributed by atoms with E-state index in [1.807, 2.05) is 18.2 Å². The van der Waals surface area contributed by atoms with Gasteiger partial charge < -0.3 is 10.4 Å². The fourth-order valence-electron chi connectivity index (χ4n) is 2.39. The summed E-state index contributed by atoms with van der Waals surface area (Å²) in [5, 5.41) is 13.3. The lowest BCUT2D eigenvalue weighted by atomic mass is 9.78. The zero-order valence-electron chi connectivity index (χ0n) is 10.7. The van der Waals surface area contributed by atoms with Crippen LogP contribution in [0.25, 0.3) is 10.9 Å². The monoisotopic (exact) mass is 257 g/mol. The predicted molar refractivity (Wildman–Crippen MR) is 72.4 cm³/mol. The van der Waals surface area contributed by atoms with Crippen LogP contribution in [-0.4, -0.2) is 26.6 Å². The molecule has 3 rings (SSSR count). The summed E-state index contributed by atoms with van der Waals surface area (Å²) in [5.74, 6) is -0.651. The highest BCUT2D eigenvalue weighted by atomic mass is 16.4. The fourth-order valence-corrected chi connectivity index (χ4v) is 2.39. The number of aromatic carboxylic acids is 1. The van der Waals surface area contributed by atoms with Crippen LogP contribution in [0.3, 0.4) is 0 Å². The number of nitrogens with zero attached hydrogens (tertiary/aromatic N) is 2. The molecule has 2 N–H and O–H groups in total. The van der Waals surface area contributed by atoms with Gasteiger partial charge in [-0.05, 0) is 38.3 Å². The Morgan fingerprint density at radius 3 is 2.68 bits per heavy atom. The molecule has 1 heterocycles. The van der Waals surface area contributed by atoms with Gasteiger partial charge in [0.25, 0.3) is 0 Å². The third-order valence-corrected chi connectivity index (χ3v) is 3.67. The average Bonchev–Trinajstić information content (AvgIpc) is 2.36. The summed E-state index contributed by atoms with van der Waals surface area (Å²) >= 11 is 0. The number of nitrogens with one attached hydrogen (secondary N) is 1. The van der Waals surface area contributed by atoms with Crippen LogP contribution in [0, 0.1) is 0 Å². The van der Waals surface area contributed by atoms with E-state index in [-0.39, 0.29) is 11.4 Å². The molecule has 98 valence electrons. The van der Waals surface area contributed by atoms with Gasteiger partial charge in [0, 0.05) is 10.9 Å².